The minimum atomic E-state index is -1.02. The molecule has 0 spiro atoms. The minimum Gasteiger partial charge on any atom is -0.461 e. The Hall–Kier alpha value is -1.92. The number of methoxy groups -OCH3 is 1. The van der Waals surface area contributed by atoms with Gasteiger partial charge in [-0.15, -0.1) is 0 Å². The van der Waals surface area contributed by atoms with E-state index in [-0.39, 0.29) is 11.9 Å². The molecule has 3 heterocycles. The summed E-state index contributed by atoms with van der Waals surface area (Å²) in [4.78, 5) is 24.4. The highest BCUT2D eigenvalue weighted by Crippen LogP contribution is 2.45. The molecule has 3 aliphatic rings. The Labute approximate surface area is 153 Å². The van der Waals surface area contributed by atoms with E-state index in [9.17, 15) is 9.59 Å². The molecule has 142 valence electrons. The lowest BCUT2D eigenvalue weighted by Crippen LogP contribution is -2.41. The number of carbonyl (C=O) groups excluding carboxylic acids is 2. The first-order valence-electron chi connectivity index (χ1n) is 8.86. The van der Waals surface area contributed by atoms with Crippen molar-refractivity contribution in [1.29, 1.82) is 0 Å². The summed E-state index contributed by atoms with van der Waals surface area (Å²) >= 11 is 0. The highest BCUT2D eigenvalue weighted by atomic mass is 16.7. The molecule has 6 heteroatoms. The lowest BCUT2D eigenvalue weighted by Gasteiger charge is -2.34. The molecule has 0 radical (unpaired) electrons. The van der Waals surface area contributed by atoms with Crippen LogP contribution < -0.4 is 0 Å². The van der Waals surface area contributed by atoms with Crippen molar-refractivity contribution in [2.45, 2.75) is 57.7 Å². The van der Waals surface area contributed by atoms with Gasteiger partial charge in [0.05, 0.1) is 17.4 Å². The molecule has 1 fully saturated rings. The third kappa shape index (κ3) is 3.01. The summed E-state index contributed by atoms with van der Waals surface area (Å²) in [5, 5.41) is 0. The predicted molar refractivity (Wildman–Crippen MR) is 94.0 cm³/mol. The molecule has 0 aliphatic carbocycles. The molecule has 2 bridgehead atoms. The molecule has 3 aliphatic heterocycles. The number of hydrogen-bond donors (Lipinski definition) is 0. The fourth-order valence-corrected chi connectivity index (χ4v) is 3.76. The molecule has 6 nitrogen and oxygen atoms in total. The van der Waals surface area contributed by atoms with Crippen molar-refractivity contribution in [2.75, 3.05) is 7.11 Å². The molecule has 0 N–H and O–H groups in total. The molecule has 26 heavy (non-hydrogen) atoms. The van der Waals surface area contributed by atoms with Crippen molar-refractivity contribution >= 4 is 11.9 Å². The highest BCUT2D eigenvalue weighted by molar-refractivity contribution is 5.91. The Kier molecular flexibility index (Phi) is 4.61. The van der Waals surface area contributed by atoms with Crippen molar-refractivity contribution in [2.24, 2.45) is 11.8 Å². The quantitative estimate of drug-likeness (QED) is 0.437. The molecule has 1 saturated heterocycles. The summed E-state index contributed by atoms with van der Waals surface area (Å²) in [5.74, 6) is -2.55. The standard InChI is InChI=1S/C20H26O6/c1-11(2)17(21)25-15-10-19(5)7-8-20(23-6,26-19)12(3)9-14-16(15)13(4)18(22)24-14/h7-9,11,14-16H,4,10H2,1-3,5-6H3/t14-,15-,16+,19?,20?/m1/s1. The smallest absolute Gasteiger partial charge is 0.334 e. The van der Waals surface area contributed by atoms with E-state index in [2.05, 4.69) is 6.58 Å². The van der Waals surface area contributed by atoms with E-state index >= 15 is 0 Å². The van der Waals surface area contributed by atoms with E-state index < -0.39 is 35.5 Å². The van der Waals surface area contributed by atoms with E-state index in [4.69, 9.17) is 18.9 Å². The fraction of sp³-hybridized carbons (Fsp3) is 0.600. The number of esters is 2. The van der Waals surface area contributed by atoms with E-state index in [1.807, 2.05) is 32.1 Å². The molecular weight excluding hydrogens is 336 g/mol. The molecule has 0 aromatic heterocycles. The SMILES string of the molecule is C=C1C(=O)O[C@@H]2C=C(C)C3(OC)C=CC(C)(C[C@@H](OC(=O)C(C)C)[C@@H]12)O3. The second kappa shape index (κ2) is 6.35. The molecule has 3 rings (SSSR count). The van der Waals surface area contributed by atoms with Gasteiger partial charge in [-0.05, 0) is 31.6 Å². The van der Waals surface area contributed by atoms with Crippen molar-refractivity contribution < 1.29 is 28.5 Å². The van der Waals surface area contributed by atoms with Crippen molar-refractivity contribution in [3.05, 3.63) is 36.0 Å². The van der Waals surface area contributed by atoms with Gasteiger partial charge in [-0.25, -0.2) is 4.79 Å². The maximum atomic E-state index is 12.3. The molecule has 0 aromatic rings. The Morgan fingerprint density at radius 1 is 1.38 bits per heavy atom. The molecule has 0 saturated carbocycles. The van der Waals surface area contributed by atoms with Crippen molar-refractivity contribution in [3.63, 3.8) is 0 Å². The lowest BCUT2D eigenvalue weighted by molar-refractivity contribution is -0.204. The molecule has 5 atom stereocenters. The average molecular weight is 362 g/mol. The second-order valence-corrected chi connectivity index (χ2v) is 7.72. The summed E-state index contributed by atoms with van der Waals surface area (Å²) < 4.78 is 23.2. The largest absolute Gasteiger partial charge is 0.461 e. The van der Waals surface area contributed by atoms with Crippen LogP contribution in [0.1, 0.15) is 34.1 Å². The monoisotopic (exact) mass is 362 g/mol. The van der Waals surface area contributed by atoms with E-state index in [0.29, 0.717) is 12.0 Å². The number of carbonyl (C=O) groups is 2. The molecule has 0 aromatic carbocycles. The first kappa shape index (κ1) is 18.9. The number of ether oxygens (including phenoxy) is 4. The number of fused-ring (bicyclic) bond motifs is 3. The summed E-state index contributed by atoms with van der Waals surface area (Å²) in [6, 6.07) is 0. The van der Waals surface area contributed by atoms with Crippen LogP contribution in [-0.2, 0) is 28.5 Å². The number of rotatable bonds is 3. The lowest BCUT2D eigenvalue weighted by atomic mass is 9.83. The van der Waals surface area contributed by atoms with Gasteiger partial charge in [-0.1, -0.05) is 26.5 Å². The zero-order valence-electron chi connectivity index (χ0n) is 15.9. The van der Waals surface area contributed by atoms with Crippen LogP contribution in [0.5, 0.6) is 0 Å². The van der Waals surface area contributed by atoms with Crippen LogP contribution in [0.25, 0.3) is 0 Å². The maximum Gasteiger partial charge on any atom is 0.334 e. The van der Waals surface area contributed by atoms with Gasteiger partial charge in [0.1, 0.15) is 12.2 Å². The highest BCUT2D eigenvalue weighted by Gasteiger charge is 2.52. The third-order valence-electron chi connectivity index (χ3n) is 5.31. The van der Waals surface area contributed by atoms with Gasteiger partial charge in [0.25, 0.3) is 0 Å². The zero-order valence-corrected chi connectivity index (χ0v) is 15.9. The zero-order chi connectivity index (χ0) is 19.3. The Morgan fingerprint density at radius 3 is 2.69 bits per heavy atom. The van der Waals surface area contributed by atoms with Crippen LogP contribution >= 0.6 is 0 Å². The van der Waals surface area contributed by atoms with Gasteiger partial charge in [0.15, 0.2) is 0 Å². The van der Waals surface area contributed by atoms with Crippen molar-refractivity contribution in [1.82, 2.24) is 0 Å². The molecular formula is C20H26O6. The third-order valence-corrected chi connectivity index (χ3v) is 5.31. The van der Waals surface area contributed by atoms with Crippen LogP contribution in [-0.4, -0.2) is 42.6 Å². The van der Waals surface area contributed by atoms with Gasteiger partial charge in [0.2, 0.25) is 5.79 Å². The Balaban J connectivity index is 2.06. The summed E-state index contributed by atoms with van der Waals surface area (Å²) in [5.41, 5.74) is 0.374. The summed E-state index contributed by atoms with van der Waals surface area (Å²) in [6.07, 6.45) is 4.77. The van der Waals surface area contributed by atoms with Crippen LogP contribution in [0.3, 0.4) is 0 Å². The van der Waals surface area contributed by atoms with E-state index in [1.165, 1.54) is 0 Å². The average Bonchev–Trinajstić information content (AvgIpc) is 3.05. The Morgan fingerprint density at radius 2 is 2.08 bits per heavy atom. The van der Waals surface area contributed by atoms with Crippen molar-refractivity contribution in [3.8, 4) is 0 Å². The molecule has 2 unspecified atom stereocenters. The summed E-state index contributed by atoms with van der Waals surface area (Å²) in [7, 11) is 1.57. The van der Waals surface area contributed by atoms with Gasteiger partial charge >= 0.3 is 11.9 Å². The predicted octanol–water partition coefficient (Wildman–Crippen LogP) is 2.69. The second-order valence-electron chi connectivity index (χ2n) is 7.72. The topological polar surface area (TPSA) is 71.1 Å². The summed E-state index contributed by atoms with van der Waals surface area (Å²) in [6.45, 7) is 11.2. The molecule has 0 amide bonds. The van der Waals surface area contributed by atoms with Crippen LogP contribution in [0.2, 0.25) is 0 Å². The fourth-order valence-electron chi connectivity index (χ4n) is 3.76. The maximum absolute atomic E-state index is 12.3. The first-order chi connectivity index (χ1) is 12.1. The van der Waals surface area contributed by atoms with E-state index in [0.717, 1.165) is 5.57 Å². The van der Waals surface area contributed by atoms with Crippen LogP contribution in [0.15, 0.2) is 36.0 Å². The normalized spacial score (nSPS) is 39.0. The van der Waals surface area contributed by atoms with Crippen LogP contribution in [0.4, 0.5) is 0 Å². The Bertz CT molecular complexity index is 705. The first-order valence-corrected chi connectivity index (χ1v) is 8.86. The van der Waals surface area contributed by atoms with Gasteiger partial charge in [-0.3, -0.25) is 4.79 Å². The van der Waals surface area contributed by atoms with Gasteiger partial charge in [-0.2, -0.15) is 0 Å². The van der Waals surface area contributed by atoms with Gasteiger partial charge < -0.3 is 18.9 Å². The van der Waals surface area contributed by atoms with Gasteiger partial charge in [0, 0.05) is 19.1 Å². The number of hydrogen-bond acceptors (Lipinski definition) is 6. The minimum absolute atomic E-state index is 0.282. The van der Waals surface area contributed by atoms with E-state index in [1.54, 1.807) is 21.0 Å². The van der Waals surface area contributed by atoms with Crippen LogP contribution in [0, 0.1) is 11.8 Å².